The molecular weight excluding hydrogens is 252 g/mol. The Labute approximate surface area is 120 Å². The van der Waals surface area contributed by atoms with Crippen molar-refractivity contribution in [3.63, 3.8) is 0 Å². The molecule has 2 bridgehead atoms. The van der Waals surface area contributed by atoms with Crippen LogP contribution in [0, 0.1) is 5.92 Å². The number of hydrogen-bond acceptors (Lipinski definition) is 2. The van der Waals surface area contributed by atoms with Gasteiger partial charge >= 0.3 is 0 Å². The molecule has 0 N–H and O–H groups in total. The number of benzene rings is 1. The zero-order valence-corrected chi connectivity index (χ0v) is 12.5. The number of hydrogen-bond donors (Lipinski definition) is 0. The van der Waals surface area contributed by atoms with Gasteiger partial charge in [-0.2, -0.15) is 11.8 Å². The molecule has 2 aliphatic rings. The Bertz CT molecular complexity index is 454. The lowest BCUT2D eigenvalue weighted by atomic mass is 9.86. The highest BCUT2D eigenvalue weighted by atomic mass is 32.2. The topological polar surface area (TPSA) is 9.23 Å². The van der Waals surface area contributed by atoms with E-state index in [1.165, 1.54) is 30.4 Å². The molecule has 2 saturated heterocycles. The van der Waals surface area contributed by atoms with Crippen LogP contribution < -0.4 is 0 Å². The highest BCUT2D eigenvalue weighted by molar-refractivity contribution is 8.01. The van der Waals surface area contributed by atoms with Crippen LogP contribution in [0.25, 0.3) is 5.57 Å². The molecule has 4 atom stereocenters. The van der Waals surface area contributed by atoms with E-state index in [0.29, 0.717) is 6.10 Å². The van der Waals surface area contributed by atoms with Gasteiger partial charge in [0.25, 0.3) is 0 Å². The molecule has 0 aliphatic carbocycles. The average Bonchev–Trinajstić information content (AvgIpc) is 3.08. The SMILES string of the molecule is C/C(=C/OC(C)C1CC2CCC1S2)c1ccccc1. The predicted molar refractivity (Wildman–Crippen MR) is 83.1 cm³/mol. The van der Waals surface area contributed by atoms with E-state index >= 15 is 0 Å². The Morgan fingerprint density at radius 2 is 2.11 bits per heavy atom. The van der Waals surface area contributed by atoms with Gasteiger partial charge in [0, 0.05) is 16.4 Å². The Hall–Kier alpha value is -0.890. The van der Waals surface area contributed by atoms with Gasteiger partial charge in [-0.1, -0.05) is 30.3 Å². The first-order valence-corrected chi connectivity index (χ1v) is 8.21. The van der Waals surface area contributed by atoms with E-state index in [1.807, 2.05) is 12.3 Å². The van der Waals surface area contributed by atoms with Crippen LogP contribution in [0.5, 0.6) is 0 Å². The molecule has 3 rings (SSSR count). The first-order valence-electron chi connectivity index (χ1n) is 7.27. The van der Waals surface area contributed by atoms with Crippen molar-refractivity contribution in [3.05, 3.63) is 42.2 Å². The van der Waals surface area contributed by atoms with Gasteiger partial charge in [0.05, 0.1) is 12.4 Å². The Morgan fingerprint density at radius 1 is 1.32 bits per heavy atom. The maximum absolute atomic E-state index is 6.02. The molecule has 0 saturated carbocycles. The summed E-state index contributed by atoms with van der Waals surface area (Å²) < 4.78 is 6.02. The highest BCUT2D eigenvalue weighted by Crippen LogP contribution is 2.50. The normalized spacial score (nSPS) is 31.5. The summed E-state index contributed by atoms with van der Waals surface area (Å²) in [6, 6.07) is 10.5. The number of ether oxygens (including phenoxy) is 1. The van der Waals surface area contributed by atoms with E-state index in [4.69, 9.17) is 4.74 Å². The van der Waals surface area contributed by atoms with Crippen molar-refractivity contribution in [1.82, 2.24) is 0 Å². The minimum atomic E-state index is 0.349. The van der Waals surface area contributed by atoms with Crippen LogP contribution in [-0.2, 0) is 4.74 Å². The number of fused-ring (bicyclic) bond motifs is 2. The molecule has 102 valence electrons. The van der Waals surface area contributed by atoms with Gasteiger partial charge in [-0.15, -0.1) is 0 Å². The van der Waals surface area contributed by atoms with Crippen LogP contribution in [0.3, 0.4) is 0 Å². The largest absolute Gasteiger partial charge is 0.498 e. The van der Waals surface area contributed by atoms with Gasteiger partial charge in [0.1, 0.15) is 0 Å². The molecule has 0 aromatic heterocycles. The van der Waals surface area contributed by atoms with Crippen molar-refractivity contribution in [2.45, 2.75) is 49.7 Å². The fraction of sp³-hybridized carbons (Fsp3) is 0.529. The van der Waals surface area contributed by atoms with Gasteiger partial charge in [-0.25, -0.2) is 0 Å². The van der Waals surface area contributed by atoms with Gasteiger partial charge < -0.3 is 4.74 Å². The molecule has 1 aromatic rings. The van der Waals surface area contributed by atoms with E-state index in [-0.39, 0.29) is 0 Å². The van der Waals surface area contributed by atoms with Gasteiger partial charge in [-0.05, 0) is 44.2 Å². The second kappa shape index (κ2) is 5.62. The van der Waals surface area contributed by atoms with Crippen molar-refractivity contribution in [1.29, 1.82) is 0 Å². The third-order valence-electron chi connectivity index (χ3n) is 4.44. The molecule has 2 heterocycles. The summed E-state index contributed by atoms with van der Waals surface area (Å²) in [5.74, 6) is 0.753. The summed E-state index contributed by atoms with van der Waals surface area (Å²) in [6.45, 7) is 4.36. The summed E-state index contributed by atoms with van der Waals surface area (Å²) in [5, 5.41) is 1.77. The lowest BCUT2D eigenvalue weighted by molar-refractivity contribution is 0.0930. The van der Waals surface area contributed by atoms with Gasteiger partial charge in [0.2, 0.25) is 0 Å². The summed E-state index contributed by atoms with van der Waals surface area (Å²) in [5.41, 5.74) is 2.46. The molecule has 2 fully saturated rings. The van der Waals surface area contributed by atoms with Crippen LogP contribution in [0.2, 0.25) is 0 Å². The second-order valence-electron chi connectivity index (χ2n) is 5.78. The predicted octanol–water partition coefficient (Wildman–Crippen LogP) is 4.74. The van der Waals surface area contributed by atoms with Crippen molar-refractivity contribution in [3.8, 4) is 0 Å². The van der Waals surface area contributed by atoms with E-state index < -0.39 is 0 Å². The number of thioether (sulfide) groups is 1. The quantitative estimate of drug-likeness (QED) is 0.734. The third kappa shape index (κ3) is 2.84. The molecule has 0 amide bonds. The molecule has 2 aliphatic heterocycles. The molecular formula is C17H22OS. The summed E-state index contributed by atoms with van der Waals surface area (Å²) in [7, 11) is 0. The maximum atomic E-state index is 6.02. The summed E-state index contributed by atoms with van der Waals surface area (Å²) in [4.78, 5) is 0. The minimum absolute atomic E-state index is 0.349. The molecule has 1 nitrogen and oxygen atoms in total. The van der Waals surface area contributed by atoms with E-state index in [2.05, 4.69) is 49.9 Å². The van der Waals surface area contributed by atoms with Crippen LogP contribution in [-0.4, -0.2) is 16.6 Å². The number of allylic oxidation sites excluding steroid dienone is 1. The fourth-order valence-electron chi connectivity index (χ4n) is 3.25. The van der Waals surface area contributed by atoms with E-state index in [1.54, 1.807) is 0 Å². The van der Waals surface area contributed by atoms with Crippen LogP contribution in [0.1, 0.15) is 38.7 Å². The standard InChI is InChI=1S/C17H22OS/c1-12(14-6-4-3-5-7-14)11-18-13(2)16-10-15-8-9-17(16)19-15/h3-7,11,13,15-17H,8-10H2,1-2H3/b12-11-. The van der Waals surface area contributed by atoms with Crippen LogP contribution in [0.15, 0.2) is 36.6 Å². The Kier molecular flexibility index (Phi) is 3.88. The molecule has 4 unspecified atom stereocenters. The molecule has 0 spiro atoms. The van der Waals surface area contributed by atoms with E-state index in [0.717, 1.165) is 16.4 Å². The first kappa shape index (κ1) is 13.1. The van der Waals surface area contributed by atoms with Crippen LogP contribution in [0.4, 0.5) is 0 Å². The van der Waals surface area contributed by atoms with Crippen molar-refractivity contribution in [2.75, 3.05) is 0 Å². The monoisotopic (exact) mass is 274 g/mol. The van der Waals surface area contributed by atoms with Gasteiger partial charge in [-0.3, -0.25) is 0 Å². The van der Waals surface area contributed by atoms with Crippen LogP contribution >= 0.6 is 11.8 Å². The molecule has 19 heavy (non-hydrogen) atoms. The zero-order chi connectivity index (χ0) is 13.2. The Balaban J connectivity index is 1.59. The smallest absolute Gasteiger partial charge is 0.0989 e. The summed E-state index contributed by atoms with van der Waals surface area (Å²) in [6.07, 6.45) is 6.49. The second-order valence-corrected chi connectivity index (χ2v) is 7.33. The molecule has 2 heteroatoms. The molecule has 0 radical (unpaired) electrons. The Morgan fingerprint density at radius 3 is 2.74 bits per heavy atom. The number of rotatable bonds is 4. The fourth-order valence-corrected chi connectivity index (χ4v) is 5.16. The minimum Gasteiger partial charge on any atom is -0.498 e. The highest BCUT2D eigenvalue weighted by Gasteiger charge is 2.43. The molecule has 1 aromatic carbocycles. The maximum Gasteiger partial charge on any atom is 0.0989 e. The van der Waals surface area contributed by atoms with Crippen molar-refractivity contribution >= 4 is 17.3 Å². The first-order chi connectivity index (χ1) is 9.24. The third-order valence-corrected chi connectivity index (χ3v) is 6.19. The summed E-state index contributed by atoms with van der Waals surface area (Å²) >= 11 is 2.20. The lowest BCUT2D eigenvalue weighted by Crippen LogP contribution is -2.27. The zero-order valence-electron chi connectivity index (χ0n) is 11.7. The van der Waals surface area contributed by atoms with Crippen molar-refractivity contribution in [2.24, 2.45) is 5.92 Å². The van der Waals surface area contributed by atoms with E-state index in [9.17, 15) is 0 Å². The van der Waals surface area contributed by atoms with Gasteiger partial charge in [0.15, 0.2) is 0 Å². The van der Waals surface area contributed by atoms with Crippen molar-refractivity contribution < 1.29 is 4.74 Å². The lowest BCUT2D eigenvalue weighted by Gasteiger charge is -2.26. The average molecular weight is 274 g/mol.